The van der Waals surface area contributed by atoms with Crippen LogP contribution in [-0.2, 0) is 5.67 Å². The first kappa shape index (κ1) is 33.5. The molecule has 0 saturated carbocycles. The van der Waals surface area contributed by atoms with E-state index in [1.54, 1.807) is 6.07 Å². The number of hydrogen-bond donors (Lipinski definition) is 0. The Bertz CT molecular complexity index is 1600. The summed E-state index contributed by atoms with van der Waals surface area (Å²) in [6.07, 6.45) is -12.8. The van der Waals surface area contributed by atoms with E-state index in [-0.39, 0.29) is 17.7 Å². The third kappa shape index (κ3) is 6.35. The van der Waals surface area contributed by atoms with Gasteiger partial charge in [0.15, 0.2) is 5.82 Å². The molecule has 43 heavy (non-hydrogen) atoms. The Morgan fingerprint density at radius 2 is 1.26 bits per heavy atom. The van der Waals surface area contributed by atoms with Gasteiger partial charge in [-0.05, 0) is 68.3 Å². The van der Waals surface area contributed by atoms with Crippen LogP contribution in [0.3, 0.4) is 0 Å². The summed E-state index contributed by atoms with van der Waals surface area (Å²) in [7, 11) is 0. The molecular formula is C27H14Br2F8N4O2. The molecule has 0 bridgehead atoms. The molecule has 0 aliphatic heterocycles. The van der Waals surface area contributed by atoms with Crippen molar-refractivity contribution >= 4 is 55.0 Å². The van der Waals surface area contributed by atoms with Crippen molar-refractivity contribution in [1.82, 2.24) is 0 Å². The van der Waals surface area contributed by atoms with E-state index in [1.165, 1.54) is 24.3 Å². The van der Waals surface area contributed by atoms with Gasteiger partial charge in [0.1, 0.15) is 0 Å². The van der Waals surface area contributed by atoms with Gasteiger partial charge in [-0.3, -0.25) is 19.3 Å². The van der Waals surface area contributed by atoms with Gasteiger partial charge in [-0.25, -0.2) is 31.7 Å². The van der Waals surface area contributed by atoms with Crippen molar-refractivity contribution in [3.63, 3.8) is 0 Å². The zero-order valence-corrected chi connectivity index (χ0v) is 24.2. The molecule has 0 fully saturated rings. The number of anilines is 2. The average molecular weight is 738 g/mol. The molecule has 0 aliphatic rings. The summed E-state index contributed by atoms with van der Waals surface area (Å²) >= 11 is 5.50. The fourth-order valence-corrected chi connectivity index (χ4v) is 5.53. The van der Waals surface area contributed by atoms with Gasteiger partial charge in [0.25, 0.3) is 25.2 Å². The second-order valence-electron chi connectivity index (χ2n) is 8.51. The molecule has 0 aromatic heterocycles. The van der Waals surface area contributed by atoms with Gasteiger partial charge in [-0.1, -0.05) is 24.3 Å². The highest BCUT2D eigenvalue weighted by Crippen LogP contribution is 2.55. The quantitative estimate of drug-likeness (QED) is 0.180. The summed E-state index contributed by atoms with van der Waals surface area (Å²) < 4.78 is 109. The molecule has 3 aromatic rings. The fourth-order valence-electron chi connectivity index (χ4n) is 3.91. The van der Waals surface area contributed by atoms with E-state index in [0.29, 0.717) is 4.90 Å². The molecule has 0 heterocycles. The van der Waals surface area contributed by atoms with Crippen LogP contribution in [0.1, 0.15) is 26.3 Å². The second-order valence-corrected chi connectivity index (χ2v) is 10.2. The van der Waals surface area contributed by atoms with Crippen molar-refractivity contribution in [2.75, 3.05) is 23.1 Å². The molecule has 0 saturated heterocycles. The largest absolute Gasteiger partial charge is 0.435 e. The highest BCUT2D eigenvalue weighted by atomic mass is 79.9. The predicted molar refractivity (Wildman–Crippen MR) is 146 cm³/mol. The van der Waals surface area contributed by atoms with Crippen LogP contribution in [0.4, 0.5) is 46.5 Å². The van der Waals surface area contributed by atoms with Gasteiger partial charge in [-0.2, -0.15) is 26.3 Å². The van der Waals surface area contributed by atoms with E-state index < -0.39 is 80.4 Å². The van der Waals surface area contributed by atoms with E-state index in [9.17, 15) is 40.3 Å². The Kier molecular flexibility index (Phi) is 9.88. The summed E-state index contributed by atoms with van der Waals surface area (Å²) in [4.78, 5) is 34.0. The Balaban J connectivity index is 2.15. The predicted octanol–water partition coefficient (Wildman–Crippen LogP) is 8.69. The van der Waals surface area contributed by atoms with Gasteiger partial charge in [-0.15, -0.1) is 0 Å². The van der Waals surface area contributed by atoms with E-state index in [4.69, 9.17) is 13.1 Å². The number of amides is 2. The molecule has 3 aromatic carbocycles. The van der Waals surface area contributed by atoms with Gasteiger partial charge < -0.3 is 0 Å². The Morgan fingerprint density at radius 1 is 0.744 bits per heavy atom. The number of carbonyl (C=O) groups excluding carboxylic acids is 2. The SMILES string of the molecule is [C-]#[N+]CN(C(=O)c1ccccc1)c1cccc(C(=O)N(C[N+]#[C-])c2c(Br)cc(C(F)(C(F)(F)F)C(F)(F)F)cc2Br)c1F. The lowest BCUT2D eigenvalue weighted by atomic mass is 9.94. The van der Waals surface area contributed by atoms with E-state index in [0.717, 1.165) is 23.1 Å². The van der Waals surface area contributed by atoms with Gasteiger partial charge >= 0.3 is 18.0 Å². The summed E-state index contributed by atoms with van der Waals surface area (Å²) in [5.74, 6) is -3.39. The molecule has 0 N–H and O–H groups in total. The molecule has 3 rings (SSSR count). The van der Waals surface area contributed by atoms with Crippen molar-refractivity contribution in [3.8, 4) is 0 Å². The summed E-state index contributed by atoms with van der Waals surface area (Å²) in [5, 5.41) is 0. The van der Waals surface area contributed by atoms with Crippen LogP contribution >= 0.6 is 31.9 Å². The highest BCUT2D eigenvalue weighted by molar-refractivity contribution is 9.11. The maximum absolute atomic E-state index is 15.8. The lowest BCUT2D eigenvalue weighted by Crippen LogP contribution is -2.50. The molecule has 0 spiro atoms. The van der Waals surface area contributed by atoms with Crippen molar-refractivity contribution in [2.24, 2.45) is 0 Å². The van der Waals surface area contributed by atoms with Crippen LogP contribution in [-0.4, -0.2) is 37.5 Å². The van der Waals surface area contributed by atoms with Gasteiger partial charge in [0.05, 0.1) is 16.9 Å². The standard InChI is InChI=1S/C27H14Br2F8N4O2/c1-38-13-40(23(42)15-7-4-3-5-8-15)20-10-6-9-17(21(20)30)24(43)41(14-39-2)22-18(28)11-16(12-19(22)29)25(31,26(32,33)34)27(35,36)37/h3-12H,13-14H2. The molecule has 0 aliphatic carbocycles. The molecule has 0 radical (unpaired) electrons. The third-order valence-electron chi connectivity index (χ3n) is 5.90. The minimum Gasteiger partial charge on any atom is -0.292 e. The molecule has 0 atom stereocenters. The monoisotopic (exact) mass is 736 g/mol. The Labute approximate surface area is 255 Å². The van der Waals surface area contributed by atoms with E-state index in [2.05, 4.69) is 41.5 Å². The van der Waals surface area contributed by atoms with Crippen LogP contribution in [0.15, 0.2) is 69.6 Å². The van der Waals surface area contributed by atoms with Crippen molar-refractivity contribution in [1.29, 1.82) is 0 Å². The minimum atomic E-state index is -6.42. The fraction of sp³-hybridized carbons (Fsp3) is 0.185. The first-order valence-corrected chi connectivity index (χ1v) is 13.1. The van der Waals surface area contributed by atoms with Crippen LogP contribution in [0.25, 0.3) is 9.69 Å². The first-order chi connectivity index (χ1) is 20.0. The summed E-state index contributed by atoms with van der Waals surface area (Å²) in [6.45, 7) is 12.8. The first-order valence-electron chi connectivity index (χ1n) is 11.5. The lowest BCUT2D eigenvalue weighted by molar-refractivity contribution is -0.348. The molecule has 16 heteroatoms. The topological polar surface area (TPSA) is 49.3 Å². The van der Waals surface area contributed by atoms with E-state index in [1.807, 2.05) is 0 Å². The number of halogens is 10. The molecular weight excluding hydrogens is 724 g/mol. The van der Waals surface area contributed by atoms with E-state index >= 15 is 4.39 Å². The van der Waals surface area contributed by atoms with Crippen LogP contribution < -0.4 is 9.80 Å². The maximum Gasteiger partial charge on any atom is 0.435 e. The number of carbonyl (C=O) groups is 2. The van der Waals surface area contributed by atoms with Crippen molar-refractivity contribution in [3.05, 3.63) is 115 Å². The van der Waals surface area contributed by atoms with Crippen LogP contribution in [0, 0.1) is 19.0 Å². The number of alkyl halides is 7. The van der Waals surface area contributed by atoms with Gasteiger partial charge in [0, 0.05) is 20.1 Å². The highest BCUT2D eigenvalue weighted by Gasteiger charge is 2.73. The molecule has 224 valence electrons. The zero-order chi connectivity index (χ0) is 32.3. The summed E-state index contributed by atoms with van der Waals surface area (Å²) in [6, 6.07) is 11.0. The second kappa shape index (κ2) is 12.7. The summed E-state index contributed by atoms with van der Waals surface area (Å²) in [5.41, 5.74) is -9.36. The number of benzene rings is 3. The molecule has 0 unspecified atom stereocenters. The molecule has 2 amide bonds. The average Bonchev–Trinajstić information content (AvgIpc) is 2.93. The minimum absolute atomic E-state index is 0.0894. The number of hydrogen-bond acceptors (Lipinski definition) is 2. The number of rotatable bonds is 7. The zero-order valence-electron chi connectivity index (χ0n) is 21.1. The normalized spacial score (nSPS) is 11.8. The Hall–Kier alpha value is -4.02. The lowest BCUT2D eigenvalue weighted by Gasteiger charge is -2.31. The van der Waals surface area contributed by atoms with Crippen LogP contribution in [0.5, 0.6) is 0 Å². The smallest absolute Gasteiger partial charge is 0.292 e. The third-order valence-corrected chi connectivity index (χ3v) is 7.11. The van der Waals surface area contributed by atoms with Crippen molar-refractivity contribution < 1.29 is 44.7 Å². The van der Waals surface area contributed by atoms with Crippen LogP contribution in [0.2, 0.25) is 0 Å². The maximum atomic E-state index is 15.8. The Morgan fingerprint density at radius 3 is 1.74 bits per heavy atom. The number of nitrogens with zero attached hydrogens (tertiary/aromatic N) is 4. The van der Waals surface area contributed by atoms with Gasteiger partial charge in [0.2, 0.25) is 0 Å². The molecule has 6 nitrogen and oxygen atoms in total. The van der Waals surface area contributed by atoms with Crippen molar-refractivity contribution in [2.45, 2.75) is 18.0 Å².